The van der Waals surface area contributed by atoms with Gasteiger partial charge in [-0.15, -0.1) is 0 Å². The van der Waals surface area contributed by atoms with E-state index in [1.54, 1.807) is 4.90 Å². The van der Waals surface area contributed by atoms with Gasteiger partial charge in [0.15, 0.2) is 0 Å². The SMILES string of the molecule is Cc1ccccc1CN(C)C(=O)c1c(C)n[nH]c1C. The molecule has 4 heteroatoms. The summed E-state index contributed by atoms with van der Waals surface area (Å²) in [5.41, 5.74) is 4.61. The van der Waals surface area contributed by atoms with Crippen LogP contribution < -0.4 is 0 Å². The van der Waals surface area contributed by atoms with Gasteiger partial charge in [-0.25, -0.2) is 0 Å². The lowest BCUT2D eigenvalue weighted by Gasteiger charge is -2.18. The van der Waals surface area contributed by atoms with Crippen LogP contribution in [0.5, 0.6) is 0 Å². The Kier molecular flexibility index (Phi) is 3.69. The van der Waals surface area contributed by atoms with Crippen LogP contribution in [0.1, 0.15) is 32.9 Å². The van der Waals surface area contributed by atoms with E-state index in [0.717, 1.165) is 17.0 Å². The Balaban J connectivity index is 2.19. The second-order valence-electron chi connectivity index (χ2n) is 4.90. The lowest BCUT2D eigenvalue weighted by molar-refractivity contribution is 0.0783. The molecule has 0 radical (unpaired) electrons. The topological polar surface area (TPSA) is 49.0 Å². The number of hydrogen-bond acceptors (Lipinski definition) is 2. The Bertz CT molecular complexity index is 582. The Morgan fingerprint density at radius 3 is 2.53 bits per heavy atom. The van der Waals surface area contributed by atoms with E-state index in [0.29, 0.717) is 12.1 Å². The van der Waals surface area contributed by atoms with Crippen molar-refractivity contribution in [2.75, 3.05) is 7.05 Å². The fourth-order valence-corrected chi connectivity index (χ4v) is 2.17. The number of aromatic nitrogens is 2. The molecule has 0 saturated heterocycles. The van der Waals surface area contributed by atoms with E-state index < -0.39 is 0 Å². The molecule has 1 aromatic carbocycles. The molecule has 0 aliphatic heterocycles. The number of H-pyrrole nitrogens is 1. The first-order valence-electron chi connectivity index (χ1n) is 6.32. The van der Waals surface area contributed by atoms with Crippen molar-refractivity contribution in [1.29, 1.82) is 0 Å². The lowest BCUT2D eigenvalue weighted by Crippen LogP contribution is -2.27. The van der Waals surface area contributed by atoms with E-state index in [4.69, 9.17) is 0 Å². The highest BCUT2D eigenvalue weighted by Crippen LogP contribution is 2.15. The number of carbonyl (C=O) groups is 1. The molecule has 1 N–H and O–H groups in total. The summed E-state index contributed by atoms with van der Waals surface area (Å²) in [6.45, 7) is 6.38. The molecule has 100 valence electrons. The van der Waals surface area contributed by atoms with E-state index in [9.17, 15) is 4.79 Å². The summed E-state index contributed by atoms with van der Waals surface area (Å²) in [6.07, 6.45) is 0. The van der Waals surface area contributed by atoms with E-state index >= 15 is 0 Å². The van der Waals surface area contributed by atoms with E-state index in [-0.39, 0.29) is 5.91 Å². The van der Waals surface area contributed by atoms with Gasteiger partial charge in [-0.05, 0) is 31.9 Å². The summed E-state index contributed by atoms with van der Waals surface area (Å²) in [7, 11) is 1.82. The number of amides is 1. The van der Waals surface area contributed by atoms with Crippen molar-refractivity contribution < 1.29 is 4.79 Å². The van der Waals surface area contributed by atoms with Gasteiger partial charge in [-0.1, -0.05) is 24.3 Å². The highest BCUT2D eigenvalue weighted by atomic mass is 16.2. The molecular formula is C15H19N3O. The standard InChI is InChI=1S/C15H19N3O/c1-10-7-5-6-8-13(10)9-18(4)15(19)14-11(2)16-17-12(14)3/h5-8H,9H2,1-4H3,(H,16,17). The predicted octanol–water partition coefficient (Wildman–Crippen LogP) is 2.61. The highest BCUT2D eigenvalue weighted by molar-refractivity contribution is 5.96. The summed E-state index contributed by atoms with van der Waals surface area (Å²) in [5.74, 6) is 0.00648. The molecule has 0 aliphatic carbocycles. The normalized spacial score (nSPS) is 10.5. The molecule has 1 amide bonds. The summed E-state index contributed by atoms with van der Waals surface area (Å²) in [4.78, 5) is 14.2. The van der Waals surface area contributed by atoms with Crippen molar-refractivity contribution in [3.63, 3.8) is 0 Å². The number of hydrogen-bond donors (Lipinski definition) is 1. The molecule has 0 saturated carbocycles. The Hall–Kier alpha value is -2.10. The molecular weight excluding hydrogens is 238 g/mol. The monoisotopic (exact) mass is 257 g/mol. The minimum absolute atomic E-state index is 0.00648. The third-order valence-electron chi connectivity index (χ3n) is 3.36. The Labute approximate surface area is 113 Å². The number of nitrogens with zero attached hydrogens (tertiary/aromatic N) is 2. The predicted molar refractivity (Wildman–Crippen MR) is 75.0 cm³/mol. The number of rotatable bonds is 3. The molecule has 1 heterocycles. The Morgan fingerprint density at radius 1 is 1.26 bits per heavy atom. The Morgan fingerprint density at radius 2 is 1.95 bits per heavy atom. The van der Waals surface area contributed by atoms with Crippen molar-refractivity contribution in [2.45, 2.75) is 27.3 Å². The van der Waals surface area contributed by atoms with Gasteiger partial charge < -0.3 is 4.90 Å². The van der Waals surface area contributed by atoms with Gasteiger partial charge in [-0.2, -0.15) is 5.10 Å². The maximum absolute atomic E-state index is 12.4. The summed E-state index contributed by atoms with van der Waals surface area (Å²) in [6, 6.07) is 8.11. The third-order valence-corrected chi connectivity index (χ3v) is 3.36. The molecule has 2 rings (SSSR count). The number of nitrogens with one attached hydrogen (secondary N) is 1. The van der Waals surface area contributed by atoms with Gasteiger partial charge in [0.25, 0.3) is 5.91 Å². The molecule has 4 nitrogen and oxygen atoms in total. The van der Waals surface area contributed by atoms with Gasteiger partial charge in [0.1, 0.15) is 0 Å². The van der Waals surface area contributed by atoms with Crippen molar-refractivity contribution in [1.82, 2.24) is 15.1 Å². The average Bonchev–Trinajstić information content (AvgIpc) is 2.71. The molecule has 0 fully saturated rings. The van der Waals surface area contributed by atoms with Crippen LogP contribution in [0.15, 0.2) is 24.3 Å². The molecule has 1 aromatic heterocycles. The fourth-order valence-electron chi connectivity index (χ4n) is 2.17. The zero-order valence-corrected chi connectivity index (χ0v) is 11.8. The zero-order valence-electron chi connectivity index (χ0n) is 11.8. The van der Waals surface area contributed by atoms with Crippen LogP contribution in [0.2, 0.25) is 0 Å². The second kappa shape index (κ2) is 5.26. The van der Waals surface area contributed by atoms with Crippen molar-refractivity contribution in [3.8, 4) is 0 Å². The minimum atomic E-state index is 0.00648. The smallest absolute Gasteiger partial charge is 0.257 e. The number of aromatic amines is 1. The van der Waals surface area contributed by atoms with Crippen LogP contribution in [0, 0.1) is 20.8 Å². The van der Waals surface area contributed by atoms with Gasteiger partial charge in [0, 0.05) is 19.3 Å². The minimum Gasteiger partial charge on any atom is -0.337 e. The van der Waals surface area contributed by atoms with Crippen molar-refractivity contribution >= 4 is 5.91 Å². The number of carbonyl (C=O) groups excluding carboxylic acids is 1. The first-order chi connectivity index (χ1) is 9.00. The zero-order chi connectivity index (χ0) is 14.0. The van der Waals surface area contributed by atoms with Crippen LogP contribution in [-0.2, 0) is 6.54 Å². The third kappa shape index (κ3) is 2.67. The summed E-state index contributed by atoms with van der Waals surface area (Å²) >= 11 is 0. The van der Waals surface area contributed by atoms with E-state index in [2.05, 4.69) is 23.2 Å². The highest BCUT2D eigenvalue weighted by Gasteiger charge is 2.19. The summed E-state index contributed by atoms with van der Waals surface area (Å²) in [5, 5.41) is 6.92. The maximum atomic E-state index is 12.4. The number of aryl methyl sites for hydroxylation is 3. The molecule has 19 heavy (non-hydrogen) atoms. The van der Waals surface area contributed by atoms with Gasteiger partial charge >= 0.3 is 0 Å². The molecule has 0 bridgehead atoms. The molecule has 0 spiro atoms. The quantitative estimate of drug-likeness (QED) is 0.918. The van der Waals surface area contributed by atoms with Crippen molar-refractivity contribution in [2.24, 2.45) is 0 Å². The maximum Gasteiger partial charge on any atom is 0.257 e. The van der Waals surface area contributed by atoms with E-state index in [1.165, 1.54) is 5.56 Å². The first kappa shape index (κ1) is 13.3. The van der Waals surface area contributed by atoms with Crippen LogP contribution >= 0.6 is 0 Å². The summed E-state index contributed by atoms with van der Waals surface area (Å²) < 4.78 is 0. The van der Waals surface area contributed by atoms with Gasteiger partial charge in [0.05, 0.1) is 11.3 Å². The van der Waals surface area contributed by atoms with Crippen LogP contribution in [-0.4, -0.2) is 28.1 Å². The van der Waals surface area contributed by atoms with Crippen molar-refractivity contribution in [3.05, 3.63) is 52.3 Å². The lowest BCUT2D eigenvalue weighted by atomic mass is 10.1. The largest absolute Gasteiger partial charge is 0.337 e. The molecule has 0 atom stereocenters. The first-order valence-corrected chi connectivity index (χ1v) is 6.32. The van der Waals surface area contributed by atoms with Gasteiger partial charge in [0.2, 0.25) is 0 Å². The van der Waals surface area contributed by atoms with Crippen LogP contribution in [0.4, 0.5) is 0 Å². The molecule has 0 unspecified atom stereocenters. The molecule has 2 aromatic rings. The van der Waals surface area contributed by atoms with E-state index in [1.807, 2.05) is 39.1 Å². The molecule has 0 aliphatic rings. The fraction of sp³-hybridized carbons (Fsp3) is 0.333. The average molecular weight is 257 g/mol. The number of benzene rings is 1. The van der Waals surface area contributed by atoms with Gasteiger partial charge in [-0.3, -0.25) is 9.89 Å². The second-order valence-corrected chi connectivity index (χ2v) is 4.90. The van der Waals surface area contributed by atoms with Crippen LogP contribution in [0.3, 0.4) is 0 Å². The van der Waals surface area contributed by atoms with Crippen LogP contribution in [0.25, 0.3) is 0 Å².